The monoisotopic (exact) mass is 211 g/mol. The molecule has 1 radical (unpaired) electrons. The summed E-state index contributed by atoms with van der Waals surface area (Å²) in [5.74, 6) is 0. The summed E-state index contributed by atoms with van der Waals surface area (Å²) in [6.45, 7) is 2.88. The molecule has 0 aromatic carbocycles. The van der Waals surface area contributed by atoms with Gasteiger partial charge >= 0.3 is 17.1 Å². The summed E-state index contributed by atoms with van der Waals surface area (Å²) < 4.78 is 0. The maximum Gasteiger partial charge on any atom is 2.00 e. The van der Waals surface area contributed by atoms with Gasteiger partial charge in [0.2, 0.25) is 0 Å². The van der Waals surface area contributed by atoms with Crippen molar-refractivity contribution < 1.29 is 17.1 Å². The Balaban J connectivity index is -0.000000107. The van der Waals surface area contributed by atoms with Gasteiger partial charge in [0.1, 0.15) is 0 Å². The smallest absolute Gasteiger partial charge is 0.330 e. The molecule has 0 atom stereocenters. The van der Waals surface area contributed by atoms with Crippen LogP contribution in [0.25, 0.3) is 0 Å². The van der Waals surface area contributed by atoms with E-state index in [4.69, 9.17) is 22.9 Å². The first kappa shape index (κ1) is 17.4. The van der Waals surface area contributed by atoms with Crippen molar-refractivity contribution in [1.82, 2.24) is 0 Å². The van der Waals surface area contributed by atoms with Crippen LogP contribution in [-0.2, 0) is 17.1 Å². The van der Waals surface area contributed by atoms with Gasteiger partial charge in [-0.3, -0.25) is 0 Å². The van der Waals surface area contributed by atoms with Gasteiger partial charge in [-0.15, -0.1) is 0 Å². The first-order valence-electron chi connectivity index (χ1n) is 3.63. The van der Waals surface area contributed by atoms with Crippen LogP contribution in [0.2, 0.25) is 0 Å². The van der Waals surface area contributed by atoms with Gasteiger partial charge in [-0.2, -0.15) is 0 Å². The summed E-state index contributed by atoms with van der Waals surface area (Å²) in [4.78, 5) is 0. The van der Waals surface area contributed by atoms with Gasteiger partial charge in [-0.1, -0.05) is 0 Å². The Labute approximate surface area is 79.5 Å². The second-order valence-corrected chi connectivity index (χ2v) is 1.86. The van der Waals surface area contributed by atoms with Crippen molar-refractivity contribution in [2.75, 3.05) is 26.2 Å². The van der Waals surface area contributed by atoms with Crippen LogP contribution in [0.3, 0.4) is 0 Å². The molecule has 0 aliphatic rings. The van der Waals surface area contributed by atoms with Crippen molar-refractivity contribution in [2.45, 2.75) is 12.8 Å². The molecule has 0 amide bonds. The van der Waals surface area contributed by atoms with Crippen molar-refractivity contribution in [1.29, 1.82) is 0 Å². The minimum Gasteiger partial charge on any atom is -0.330 e. The van der Waals surface area contributed by atoms with E-state index in [9.17, 15) is 0 Å². The summed E-state index contributed by atoms with van der Waals surface area (Å²) in [5.41, 5.74) is 20.2. The Kier molecular flexibility index (Phi) is 35.6. The molecule has 0 spiro atoms. The summed E-state index contributed by atoms with van der Waals surface area (Å²) in [6.07, 6.45) is 1.89. The third kappa shape index (κ3) is 38.1. The van der Waals surface area contributed by atoms with E-state index in [0.717, 1.165) is 39.0 Å². The van der Waals surface area contributed by atoms with Gasteiger partial charge < -0.3 is 22.9 Å². The molecule has 4 nitrogen and oxygen atoms in total. The maximum absolute atomic E-state index is 5.06. The van der Waals surface area contributed by atoms with Crippen LogP contribution in [0.5, 0.6) is 0 Å². The number of rotatable bonds is 4. The van der Waals surface area contributed by atoms with Crippen LogP contribution in [-0.4, -0.2) is 26.2 Å². The van der Waals surface area contributed by atoms with E-state index in [2.05, 4.69) is 0 Å². The molecular formula is C6H20CuN4+2. The zero-order valence-electron chi connectivity index (χ0n) is 6.85. The van der Waals surface area contributed by atoms with Crippen LogP contribution < -0.4 is 22.9 Å². The second-order valence-electron chi connectivity index (χ2n) is 1.86. The van der Waals surface area contributed by atoms with E-state index in [1.807, 2.05) is 0 Å². The first-order chi connectivity index (χ1) is 4.83. The van der Waals surface area contributed by atoms with E-state index in [1.54, 1.807) is 0 Å². The average molecular weight is 212 g/mol. The summed E-state index contributed by atoms with van der Waals surface area (Å²) in [7, 11) is 0. The molecule has 0 fully saturated rings. The molecule has 0 aliphatic heterocycles. The Morgan fingerprint density at radius 3 is 0.727 bits per heavy atom. The van der Waals surface area contributed by atoms with Gasteiger partial charge in [0.15, 0.2) is 0 Å². The van der Waals surface area contributed by atoms with Crippen LogP contribution in [0.1, 0.15) is 12.8 Å². The third-order valence-corrected chi connectivity index (χ3v) is 0.816. The topological polar surface area (TPSA) is 104 Å². The molecule has 0 bridgehead atoms. The summed E-state index contributed by atoms with van der Waals surface area (Å²) in [6, 6.07) is 0. The first-order valence-corrected chi connectivity index (χ1v) is 3.63. The van der Waals surface area contributed by atoms with Gasteiger partial charge in [0.25, 0.3) is 0 Å². The summed E-state index contributed by atoms with van der Waals surface area (Å²) in [5, 5.41) is 0. The van der Waals surface area contributed by atoms with Gasteiger partial charge in [0, 0.05) is 0 Å². The van der Waals surface area contributed by atoms with E-state index in [-0.39, 0.29) is 17.1 Å². The predicted molar refractivity (Wildman–Crippen MR) is 45.5 cm³/mol. The van der Waals surface area contributed by atoms with Crippen LogP contribution in [0, 0.1) is 0 Å². The second kappa shape index (κ2) is 22.4. The SMILES string of the molecule is NCCCN.NCCCN.[Cu+2]. The van der Waals surface area contributed by atoms with E-state index < -0.39 is 0 Å². The molecule has 0 saturated carbocycles. The minimum atomic E-state index is 0. The van der Waals surface area contributed by atoms with Crippen LogP contribution in [0.15, 0.2) is 0 Å². The largest absolute Gasteiger partial charge is 2.00 e. The third-order valence-electron chi connectivity index (χ3n) is 0.816. The van der Waals surface area contributed by atoms with Crippen molar-refractivity contribution in [3.8, 4) is 0 Å². The fourth-order valence-corrected chi connectivity index (χ4v) is 0.236. The fraction of sp³-hybridized carbons (Fsp3) is 1.00. The molecule has 8 N–H and O–H groups in total. The Hall–Kier alpha value is 0.359. The molecule has 11 heavy (non-hydrogen) atoms. The van der Waals surface area contributed by atoms with Crippen LogP contribution >= 0.6 is 0 Å². The molecular weight excluding hydrogens is 192 g/mol. The number of hydrogen-bond acceptors (Lipinski definition) is 4. The van der Waals surface area contributed by atoms with Crippen molar-refractivity contribution in [2.24, 2.45) is 22.9 Å². The molecule has 0 saturated heterocycles. The summed E-state index contributed by atoms with van der Waals surface area (Å²) >= 11 is 0. The van der Waals surface area contributed by atoms with E-state index >= 15 is 0 Å². The molecule has 0 rings (SSSR count). The molecule has 5 heteroatoms. The normalized spacial score (nSPS) is 7.64. The molecule has 0 aliphatic carbocycles. The minimum absolute atomic E-state index is 0. The molecule has 0 aromatic rings. The van der Waals surface area contributed by atoms with Crippen molar-refractivity contribution >= 4 is 0 Å². The Morgan fingerprint density at radius 2 is 0.727 bits per heavy atom. The van der Waals surface area contributed by atoms with Crippen molar-refractivity contribution in [3.63, 3.8) is 0 Å². The van der Waals surface area contributed by atoms with E-state index in [0.29, 0.717) is 0 Å². The zero-order chi connectivity index (χ0) is 8.24. The van der Waals surface area contributed by atoms with Gasteiger partial charge in [-0.25, -0.2) is 0 Å². The quantitative estimate of drug-likeness (QED) is 0.429. The predicted octanol–water partition coefficient (Wildman–Crippen LogP) is -1.41. The molecule has 0 unspecified atom stereocenters. The Bertz CT molecular complexity index is 35.6. The standard InChI is InChI=1S/2C3H10N2.Cu/c2*4-2-1-3-5;/h2*1-5H2;/q;;+2. The fourth-order valence-electron chi connectivity index (χ4n) is 0.236. The average Bonchev–Trinajstić information content (AvgIpc) is 1.93. The molecule has 0 heterocycles. The maximum atomic E-state index is 5.06. The van der Waals surface area contributed by atoms with Crippen LogP contribution in [0.4, 0.5) is 0 Å². The number of hydrogen-bond donors (Lipinski definition) is 4. The number of nitrogens with two attached hydrogens (primary N) is 4. The molecule has 0 aromatic heterocycles. The zero-order valence-corrected chi connectivity index (χ0v) is 7.80. The van der Waals surface area contributed by atoms with Gasteiger partial charge in [0.05, 0.1) is 0 Å². The molecule has 73 valence electrons. The van der Waals surface area contributed by atoms with E-state index in [1.165, 1.54) is 0 Å². The van der Waals surface area contributed by atoms with Crippen molar-refractivity contribution in [3.05, 3.63) is 0 Å². The Morgan fingerprint density at radius 1 is 0.545 bits per heavy atom. The van der Waals surface area contributed by atoms with Gasteiger partial charge in [-0.05, 0) is 39.0 Å².